The molecule has 0 radical (unpaired) electrons. The monoisotopic (exact) mass is 300 g/mol. The predicted octanol–water partition coefficient (Wildman–Crippen LogP) is 0.882. The first-order valence-corrected chi connectivity index (χ1v) is 8.00. The van der Waals surface area contributed by atoms with E-state index in [0.29, 0.717) is 19.8 Å². The van der Waals surface area contributed by atoms with E-state index in [1.165, 1.54) is 0 Å². The van der Waals surface area contributed by atoms with Gasteiger partial charge in [-0.2, -0.15) is 0 Å². The first kappa shape index (κ1) is 18.1. The zero-order valence-corrected chi connectivity index (χ0v) is 12.6. The molecular weight excluding hydrogens is 276 g/mol. The number of hydrogen-bond donors (Lipinski definition) is 2. The molecule has 110 valence electrons. The zero-order chi connectivity index (χ0) is 12.7. The number of nitrogens with one attached hydrogen (secondary N) is 1. The van der Waals surface area contributed by atoms with Gasteiger partial charge < -0.3 is 10.5 Å². The molecule has 0 saturated carbocycles. The van der Waals surface area contributed by atoms with Crippen molar-refractivity contribution in [3.8, 4) is 0 Å². The standard InChI is InChI=1S/C11H24N2O3S.ClH/c1-2-3-4-11(7-12)13-17(14,15)9-10-5-6-16-8-10;/h10-11,13H,2-9,12H2,1H3;1H. The van der Waals surface area contributed by atoms with Crippen molar-refractivity contribution in [2.75, 3.05) is 25.5 Å². The first-order chi connectivity index (χ1) is 8.07. The maximum Gasteiger partial charge on any atom is 0.212 e. The minimum Gasteiger partial charge on any atom is -0.381 e. The molecule has 1 fully saturated rings. The highest BCUT2D eigenvalue weighted by Gasteiger charge is 2.24. The molecule has 3 N–H and O–H groups in total. The third-order valence-corrected chi connectivity index (χ3v) is 4.62. The van der Waals surface area contributed by atoms with Crippen LogP contribution < -0.4 is 10.5 Å². The van der Waals surface area contributed by atoms with Gasteiger partial charge in [0.15, 0.2) is 0 Å². The Hall–Kier alpha value is 0.120. The van der Waals surface area contributed by atoms with E-state index in [-0.39, 0.29) is 30.1 Å². The van der Waals surface area contributed by atoms with Gasteiger partial charge in [0, 0.05) is 19.2 Å². The summed E-state index contributed by atoms with van der Waals surface area (Å²) in [5.41, 5.74) is 5.58. The van der Waals surface area contributed by atoms with E-state index in [4.69, 9.17) is 10.5 Å². The Morgan fingerprint density at radius 3 is 2.72 bits per heavy atom. The molecule has 1 aliphatic rings. The summed E-state index contributed by atoms with van der Waals surface area (Å²) >= 11 is 0. The minimum atomic E-state index is -3.22. The molecular formula is C11H25ClN2O3S. The molecule has 5 nitrogen and oxygen atoms in total. The van der Waals surface area contributed by atoms with Gasteiger partial charge >= 0.3 is 0 Å². The predicted molar refractivity (Wildman–Crippen MR) is 75.5 cm³/mol. The molecule has 2 unspecified atom stereocenters. The Bertz CT molecular complexity index is 305. The molecule has 0 aromatic carbocycles. The van der Waals surface area contributed by atoms with Crippen molar-refractivity contribution in [1.29, 1.82) is 0 Å². The van der Waals surface area contributed by atoms with Crippen LogP contribution in [0.15, 0.2) is 0 Å². The van der Waals surface area contributed by atoms with Gasteiger partial charge in [-0.25, -0.2) is 13.1 Å². The molecule has 0 amide bonds. The van der Waals surface area contributed by atoms with Gasteiger partial charge in [-0.15, -0.1) is 12.4 Å². The van der Waals surface area contributed by atoms with E-state index in [1.54, 1.807) is 0 Å². The maximum absolute atomic E-state index is 11.9. The summed E-state index contributed by atoms with van der Waals surface area (Å²) in [6, 6.07) is -0.123. The fourth-order valence-electron chi connectivity index (χ4n) is 2.00. The van der Waals surface area contributed by atoms with Gasteiger partial charge in [-0.1, -0.05) is 19.8 Å². The molecule has 0 bridgehead atoms. The Morgan fingerprint density at radius 2 is 2.22 bits per heavy atom. The molecule has 7 heteroatoms. The van der Waals surface area contributed by atoms with Gasteiger partial charge in [0.2, 0.25) is 10.0 Å². The lowest BCUT2D eigenvalue weighted by Crippen LogP contribution is -2.42. The third-order valence-electron chi connectivity index (χ3n) is 3.02. The maximum atomic E-state index is 11.9. The van der Waals surface area contributed by atoms with Crippen LogP contribution in [0.25, 0.3) is 0 Å². The highest BCUT2D eigenvalue weighted by atomic mass is 35.5. The number of halogens is 1. The van der Waals surface area contributed by atoms with Crippen LogP contribution in [0.1, 0.15) is 32.6 Å². The quantitative estimate of drug-likeness (QED) is 0.697. The zero-order valence-electron chi connectivity index (χ0n) is 10.9. The highest BCUT2D eigenvalue weighted by Crippen LogP contribution is 2.14. The summed E-state index contributed by atoms with van der Waals surface area (Å²) in [5.74, 6) is 0.299. The van der Waals surface area contributed by atoms with E-state index in [2.05, 4.69) is 11.6 Å². The van der Waals surface area contributed by atoms with Gasteiger partial charge in [-0.3, -0.25) is 0 Å². The second kappa shape index (κ2) is 9.09. The number of sulfonamides is 1. The van der Waals surface area contributed by atoms with Crippen molar-refractivity contribution < 1.29 is 13.2 Å². The van der Waals surface area contributed by atoms with Gasteiger partial charge in [0.05, 0.1) is 12.4 Å². The molecule has 1 heterocycles. The van der Waals surface area contributed by atoms with Gasteiger partial charge in [0.1, 0.15) is 0 Å². The normalized spacial score (nSPS) is 21.6. The summed E-state index contributed by atoms with van der Waals surface area (Å²) in [7, 11) is -3.22. The van der Waals surface area contributed by atoms with Crippen molar-refractivity contribution in [2.24, 2.45) is 11.7 Å². The smallest absolute Gasteiger partial charge is 0.212 e. The van der Waals surface area contributed by atoms with Crippen LogP contribution in [0.2, 0.25) is 0 Å². The fourth-order valence-corrected chi connectivity index (χ4v) is 3.70. The largest absolute Gasteiger partial charge is 0.381 e. The van der Waals surface area contributed by atoms with Crippen LogP contribution >= 0.6 is 12.4 Å². The lowest BCUT2D eigenvalue weighted by molar-refractivity contribution is 0.188. The van der Waals surface area contributed by atoms with Crippen LogP contribution in [-0.4, -0.2) is 40.0 Å². The first-order valence-electron chi connectivity index (χ1n) is 6.35. The lowest BCUT2D eigenvalue weighted by Gasteiger charge is -2.17. The van der Waals surface area contributed by atoms with Crippen molar-refractivity contribution in [2.45, 2.75) is 38.6 Å². The molecule has 1 saturated heterocycles. The van der Waals surface area contributed by atoms with E-state index < -0.39 is 10.0 Å². The Balaban J connectivity index is 0.00000289. The number of nitrogens with two attached hydrogens (primary N) is 1. The highest BCUT2D eigenvalue weighted by molar-refractivity contribution is 7.89. The molecule has 18 heavy (non-hydrogen) atoms. The summed E-state index contributed by atoms with van der Waals surface area (Å²) in [5, 5.41) is 0. The molecule has 1 rings (SSSR count). The Labute approximate surface area is 116 Å². The second-order valence-electron chi connectivity index (χ2n) is 4.70. The topological polar surface area (TPSA) is 81.4 Å². The third kappa shape index (κ3) is 6.89. The van der Waals surface area contributed by atoms with Gasteiger partial charge in [-0.05, 0) is 18.8 Å². The van der Waals surface area contributed by atoms with Gasteiger partial charge in [0.25, 0.3) is 0 Å². The van der Waals surface area contributed by atoms with Crippen molar-refractivity contribution in [3.63, 3.8) is 0 Å². The molecule has 0 aliphatic carbocycles. The lowest BCUT2D eigenvalue weighted by atomic mass is 10.1. The molecule has 0 aromatic heterocycles. The fraction of sp³-hybridized carbons (Fsp3) is 1.00. The molecule has 0 aromatic rings. The second-order valence-corrected chi connectivity index (χ2v) is 6.50. The molecule has 2 atom stereocenters. The van der Waals surface area contributed by atoms with E-state index >= 15 is 0 Å². The number of rotatable bonds is 8. The Kier molecular flexibility index (Phi) is 9.15. The average molecular weight is 301 g/mol. The number of hydrogen-bond acceptors (Lipinski definition) is 4. The molecule has 1 aliphatic heterocycles. The van der Waals surface area contributed by atoms with Crippen LogP contribution in [0.5, 0.6) is 0 Å². The van der Waals surface area contributed by atoms with E-state index in [0.717, 1.165) is 25.7 Å². The summed E-state index contributed by atoms with van der Waals surface area (Å²) in [4.78, 5) is 0. The van der Waals surface area contributed by atoms with Crippen molar-refractivity contribution in [1.82, 2.24) is 4.72 Å². The van der Waals surface area contributed by atoms with Crippen molar-refractivity contribution in [3.05, 3.63) is 0 Å². The number of ether oxygens (including phenoxy) is 1. The van der Waals surface area contributed by atoms with Crippen LogP contribution in [-0.2, 0) is 14.8 Å². The van der Waals surface area contributed by atoms with Crippen molar-refractivity contribution >= 4 is 22.4 Å². The Morgan fingerprint density at radius 1 is 1.50 bits per heavy atom. The SMILES string of the molecule is CCCCC(CN)NS(=O)(=O)CC1CCOC1.Cl. The summed E-state index contributed by atoms with van der Waals surface area (Å²) < 4.78 is 31.7. The minimum absolute atomic E-state index is 0. The van der Waals surface area contributed by atoms with Crippen LogP contribution in [0.4, 0.5) is 0 Å². The molecule has 0 spiro atoms. The van der Waals surface area contributed by atoms with Crippen LogP contribution in [0.3, 0.4) is 0 Å². The average Bonchev–Trinajstić information content (AvgIpc) is 2.75. The summed E-state index contributed by atoms with van der Waals surface area (Å²) in [6.45, 7) is 3.68. The summed E-state index contributed by atoms with van der Waals surface area (Å²) in [6.07, 6.45) is 3.70. The van der Waals surface area contributed by atoms with E-state index in [1.807, 2.05) is 0 Å². The number of unbranched alkanes of at least 4 members (excludes halogenated alkanes) is 1. The van der Waals surface area contributed by atoms with Crippen LogP contribution in [0, 0.1) is 5.92 Å². The van der Waals surface area contributed by atoms with E-state index in [9.17, 15) is 8.42 Å².